The van der Waals surface area contributed by atoms with Crippen molar-refractivity contribution in [2.75, 3.05) is 13.6 Å². The number of aliphatic hydroxyl groups is 1. The van der Waals surface area contributed by atoms with Gasteiger partial charge in [-0.3, -0.25) is 19.2 Å². The highest BCUT2D eigenvalue weighted by molar-refractivity contribution is 7.09. The molecule has 0 saturated heterocycles. The van der Waals surface area contributed by atoms with Crippen molar-refractivity contribution in [3.05, 3.63) is 51.5 Å². The Labute approximate surface area is 272 Å². The highest BCUT2D eigenvalue weighted by atomic mass is 32.1. The minimum atomic E-state index is -1.01. The highest BCUT2D eigenvalue weighted by Gasteiger charge is 2.30. The molecule has 10 nitrogen and oxygen atoms in total. The summed E-state index contributed by atoms with van der Waals surface area (Å²) in [7, 11) is 1.70. The number of carbonyl (C=O) groups is 4. The number of benzene rings is 1. The standard InChI is InChI=1S/C34H53N5O5S/c1-10-26-19-45-29(36-26)18-39(9)34(44)25-13-11-12-24(16-25)32(42)37-27(14-20(2)3)28(40)15-23(8)31(41)38-30(22(6)7)33(43)35-17-21(4)5/h11-13,16,19-23,27-28,30,40H,10,14-15,17-18H2,1-9H3,(H,35,43)(H,37,42)(H,38,41). The minimum Gasteiger partial charge on any atom is -0.391 e. The van der Waals surface area contributed by atoms with E-state index in [1.807, 2.05) is 53.8 Å². The number of rotatable bonds is 17. The van der Waals surface area contributed by atoms with E-state index >= 15 is 0 Å². The molecule has 45 heavy (non-hydrogen) atoms. The topological polar surface area (TPSA) is 141 Å². The molecule has 0 saturated carbocycles. The van der Waals surface area contributed by atoms with Crippen molar-refractivity contribution in [2.45, 2.75) is 99.4 Å². The van der Waals surface area contributed by atoms with Gasteiger partial charge >= 0.3 is 0 Å². The van der Waals surface area contributed by atoms with E-state index in [-0.39, 0.29) is 41.9 Å². The third-order valence-corrected chi connectivity index (χ3v) is 8.42. The molecule has 1 aromatic carbocycles. The number of hydrogen-bond acceptors (Lipinski definition) is 7. The summed E-state index contributed by atoms with van der Waals surface area (Å²) < 4.78 is 0. The van der Waals surface area contributed by atoms with Crippen LogP contribution >= 0.6 is 11.3 Å². The Kier molecular flexibility index (Phi) is 15.1. The van der Waals surface area contributed by atoms with Crippen molar-refractivity contribution in [2.24, 2.45) is 23.7 Å². The quantitative estimate of drug-likeness (QED) is 0.201. The summed E-state index contributed by atoms with van der Waals surface area (Å²) in [5, 5.41) is 22.7. The number of hydrogen-bond donors (Lipinski definition) is 4. The van der Waals surface area contributed by atoms with E-state index in [2.05, 4.69) is 20.9 Å². The molecule has 4 amide bonds. The maximum atomic E-state index is 13.4. The lowest BCUT2D eigenvalue weighted by atomic mass is 9.91. The summed E-state index contributed by atoms with van der Waals surface area (Å²) in [5.41, 5.74) is 1.67. The van der Waals surface area contributed by atoms with Gasteiger partial charge in [-0.25, -0.2) is 4.98 Å². The van der Waals surface area contributed by atoms with E-state index < -0.39 is 30.0 Å². The molecule has 2 rings (SSSR count). The lowest BCUT2D eigenvalue weighted by Crippen LogP contribution is -2.52. The van der Waals surface area contributed by atoms with E-state index in [1.165, 1.54) is 11.3 Å². The van der Waals surface area contributed by atoms with E-state index in [4.69, 9.17) is 0 Å². The van der Waals surface area contributed by atoms with Crippen LogP contribution in [-0.2, 0) is 22.6 Å². The number of carbonyl (C=O) groups excluding carboxylic acids is 4. The maximum absolute atomic E-state index is 13.4. The average Bonchev–Trinajstić information content (AvgIpc) is 3.44. The minimum absolute atomic E-state index is 0.0990. The van der Waals surface area contributed by atoms with E-state index in [9.17, 15) is 24.3 Å². The summed E-state index contributed by atoms with van der Waals surface area (Å²) in [5.74, 6) is -1.48. The van der Waals surface area contributed by atoms with Gasteiger partial charge in [-0.2, -0.15) is 0 Å². The van der Waals surface area contributed by atoms with Crippen LogP contribution in [0.5, 0.6) is 0 Å². The van der Waals surface area contributed by atoms with Crippen LogP contribution in [0.25, 0.3) is 0 Å². The predicted molar refractivity (Wildman–Crippen MR) is 179 cm³/mol. The molecule has 1 heterocycles. The molecule has 0 bridgehead atoms. The Morgan fingerprint density at radius 2 is 1.60 bits per heavy atom. The van der Waals surface area contributed by atoms with Gasteiger partial charge in [0.25, 0.3) is 11.8 Å². The molecule has 0 fully saturated rings. The first-order valence-corrected chi connectivity index (χ1v) is 16.9. The van der Waals surface area contributed by atoms with Gasteiger partial charge in [0.15, 0.2) is 0 Å². The van der Waals surface area contributed by atoms with Gasteiger partial charge in [-0.1, -0.05) is 61.5 Å². The van der Waals surface area contributed by atoms with E-state index in [0.29, 0.717) is 30.6 Å². The molecule has 0 aliphatic carbocycles. The van der Waals surface area contributed by atoms with Crippen LogP contribution < -0.4 is 16.0 Å². The summed E-state index contributed by atoms with van der Waals surface area (Å²) in [6.45, 7) is 16.4. The third kappa shape index (κ3) is 12.2. The Balaban J connectivity index is 2.08. The number of aromatic nitrogens is 1. The molecule has 2 aromatic rings. The highest BCUT2D eigenvalue weighted by Crippen LogP contribution is 2.18. The van der Waals surface area contributed by atoms with Gasteiger partial charge in [0.05, 0.1) is 24.4 Å². The van der Waals surface area contributed by atoms with Gasteiger partial charge in [0.2, 0.25) is 11.8 Å². The fourth-order valence-electron chi connectivity index (χ4n) is 4.82. The van der Waals surface area contributed by atoms with Gasteiger partial charge in [0.1, 0.15) is 11.0 Å². The molecule has 11 heteroatoms. The second-order valence-corrected chi connectivity index (χ2v) is 14.1. The predicted octanol–water partition coefficient (Wildman–Crippen LogP) is 4.42. The normalized spacial score (nSPS) is 14.2. The second kappa shape index (κ2) is 18.0. The van der Waals surface area contributed by atoms with Crippen molar-refractivity contribution in [1.29, 1.82) is 0 Å². The fraction of sp³-hybridized carbons (Fsp3) is 0.618. The van der Waals surface area contributed by atoms with Crippen LogP contribution in [0.15, 0.2) is 29.6 Å². The first-order chi connectivity index (χ1) is 21.1. The average molecular weight is 644 g/mol. The molecule has 0 radical (unpaired) electrons. The molecule has 4 atom stereocenters. The number of aryl methyl sites for hydroxylation is 1. The zero-order chi connectivity index (χ0) is 33.8. The molecule has 4 N–H and O–H groups in total. The number of nitrogens with zero attached hydrogens (tertiary/aromatic N) is 2. The largest absolute Gasteiger partial charge is 0.391 e. The Hall–Kier alpha value is -3.31. The summed E-state index contributed by atoms with van der Waals surface area (Å²) in [4.78, 5) is 58.4. The van der Waals surface area contributed by atoms with Gasteiger partial charge in [-0.15, -0.1) is 11.3 Å². The molecule has 1 aromatic heterocycles. The van der Waals surface area contributed by atoms with Crippen molar-refractivity contribution in [3.63, 3.8) is 0 Å². The Bertz CT molecular complexity index is 1280. The number of thiazole rings is 1. The molecular weight excluding hydrogens is 590 g/mol. The number of aliphatic hydroxyl groups excluding tert-OH is 1. The number of amides is 4. The van der Waals surface area contributed by atoms with Crippen LogP contribution in [0.3, 0.4) is 0 Å². The third-order valence-electron chi connectivity index (χ3n) is 7.53. The SMILES string of the molecule is CCc1csc(CN(C)C(=O)c2cccc(C(=O)NC(CC(C)C)C(O)CC(C)C(=O)NC(C(=O)NCC(C)C)C(C)C)c2)n1. The smallest absolute Gasteiger partial charge is 0.253 e. The van der Waals surface area contributed by atoms with Crippen LogP contribution in [0.2, 0.25) is 0 Å². The van der Waals surface area contributed by atoms with Crippen molar-refractivity contribution in [1.82, 2.24) is 25.8 Å². The maximum Gasteiger partial charge on any atom is 0.253 e. The second-order valence-electron chi connectivity index (χ2n) is 13.1. The van der Waals surface area contributed by atoms with Gasteiger partial charge in [-0.05, 0) is 55.2 Å². The Morgan fingerprint density at radius 3 is 2.18 bits per heavy atom. The zero-order valence-corrected chi connectivity index (χ0v) is 29.2. The van der Waals surface area contributed by atoms with Crippen LogP contribution in [0, 0.1) is 23.7 Å². The van der Waals surface area contributed by atoms with Crippen molar-refractivity contribution >= 4 is 35.0 Å². The number of nitrogens with one attached hydrogen (secondary N) is 3. The molecule has 0 aliphatic heterocycles. The molecule has 4 unspecified atom stereocenters. The van der Waals surface area contributed by atoms with Crippen molar-refractivity contribution < 1.29 is 24.3 Å². The molecule has 250 valence electrons. The van der Waals surface area contributed by atoms with Crippen LogP contribution in [0.4, 0.5) is 0 Å². The van der Waals surface area contributed by atoms with Gasteiger partial charge in [0, 0.05) is 36.0 Å². The van der Waals surface area contributed by atoms with Crippen LogP contribution in [0.1, 0.15) is 99.6 Å². The first kappa shape index (κ1) is 37.9. The van der Waals surface area contributed by atoms with E-state index in [1.54, 1.807) is 43.1 Å². The summed E-state index contributed by atoms with van der Waals surface area (Å²) >= 11 is 1.52. The van der Waals surface area contributed by atoms with Crippen molar-refractivity contribution in [3.8, 4) is 0 Å². The lowest BCUT2D eigenvalue weighted by molar-refractivity contribution is -0.132. The Morgan fingerprint density at radius 1 is 0.933 bits per heavy atom. The van der Waals surface area contributed by atoms with Crippen LogP contribution in [-0.4, -0.2) is 70.4 Å². The summed E-state index contributed by atoms with van der Waals surface area (Å²) in [6.07, 6.45) is 0.413. The molecular formula is C34H53N5O5S. The first-order valence-electron chi connectivity index (χ1n) is 16.0. The van der Waals surface area contributed by atoms with Gasteiger partial charge < -0.3 is 26.0 Å². The summed E-state index contributed by atoms with van der Waals surface area (Å²) in [6, 6.07) is 5.21. The molecule has 0 spiro atoms. The van der Waals surface area contributed by atoms with E-state index in [0.717, 1.165) is 17.1 Å². The molecule has 0 aliphatic rings. The lowest BCUT2D eigenvalue weighted by Gasteiger charge is -2.29. The fourth-order valence-corrected chi connectivity index (χ4v) is 5.75. The monoisotopic (exact) mass is 643 g/mol. The zero-order valence-electron chi connectivity index (χ0n) is 28.3.